The van der Waals surface area contributed by atoms with E-state index in [1.807, 2.05) is 18.2 Å². The van der Waals surface area contributed by atoms with Crippen LogP contribution in [-0.4, -0.2) is 16.9 Å². The van der Waals surface area contributed by atoms with Crippen molar-refractivity contribution in [1.82, 2.24) is 0 Å². The van der Waals surface area contributed by atoms with Crippen LogP contribution in [0.1, 0.15) is 111 Å². The predicted molar refractivity (Wildman–Crippen MR) is 166 cm³/mol. The average molecular weight is 598 g/mol. The quantitative estimate of drug-likeness (QED) is 0.161. The molecule has 4 aliphatic carbocycles. The standard InChI is InChI=1S/C36H53BrO2/c1-24(2)10-9-11-25(3)30-16-17-31-29-15-14-27-23-28(18-20-35(27,4)32(29)19-21-36(30,31)5)39-34(38)33(37)22-26-12-7-6-8-13-26/h6-8,12-14,24-25,28-33H,9-11,15-23H2,1-5H3/t25-,28+,29+,30-,31-,32-,33-,35+,36-/m1/s1. The van der Waals surface area contributed by atoms with Crippen molar-refractivity contribution in [2.75, 3.05) is 0 Å². The lowest BCUT2D eigenvalue weighted by atomic mass is 9.47. The fourth-order valence-electron chi connectivity index (χ4n) is 9.90. The fourth-order valence-corrected chi connectivity index (χ4v) is 10.4. The molecule has 3 fully saturated rings. The van der Waals surface area contributed by atoms with E-state index in [0.29, 0.717) is 17.3 Å². The number of allylic oxidation sites excluding steroid dienone is 1. The molecule has 4 aliphatic rings. The number of halogens is 1. The molecule has 0 aliphatic heterocycles. The second kappa shape index (κ2) is 12.0. The maximum atomic E-state index is 12.9. The van der Waals surface area contributed by atoms with Gasteiger partial charge in [-0.25, -0.2) is 0 Å². The van der Waals surface area contributed by atoms with E-state index in [1.165, 1.54) is 57.8 Å². The van der Waals surface area contributed by atoms with E-state index >= 15 is 0 Å². The first-order valence-electron chi connectivity index (χ1n) is 16.2. The molecule has 0 heterocycles. The Morgan fingerprint density at radius 2 is 1.77 bits per heavy atom. The molecular formula is C36H53BrO2. The number of ether oxygens (including phenoxy) is 1. The van der Waals surface area contributed by atoms with E-state index in [2.05, 4.69) is 68.8 Å². The third kappa shape index (κ3) is 5.96. The Bertz CT molecular complexity index is 1020. The zero-order chi connectivity index (χ0) is 27.8. The lowest BCUT2D eigenvalue weighted by Gasteiger charge is -2.58. The zero-order valence-corrected chi connectivity index (χ0v) is 26.8. The van der Waals surface area contributed by atoms with Gasteiger partial charge in [-0.2, -0.15) is 0 Å². The number of hydrogen-bond donors (Lipinski definition) is 0. The summed E-state index contributed by atoms with van der Waals surface area (Å²) in [6, 6.07) is 10.2. The summed E-state index contributed by atoms with van der Waals surface area (Å²) in [5.74, 6) is 5.06. The van der Waals surface area contributed by atoms with Gasteiger partial charge in [-0.1, -0.05) is 112 Å². The maximum Gasteiger partial charge on any atom is 0.320 e. The number of fused-ring (bicyclic) bond motifs is 5. The van der Waals surface area contributed by atoms with Gasteiger partial charge in [0.15, 0.2) is 0 Å². The minimum absolute atomic E-state index is 0.0283. The number of carbonyl (C=O) groups is 1. The molecule has 1 aromatic carbocycles. The van der Waals surface area contributed by atoms with Gasteiger partial charge in [-0.05, 0) is 103 Å². The van der Waals surface area contributed by atoms with Crippen molar-refractivity contribution < 1.29 is 9.53 Å². The van der Waals surface area contributed by atoms with Gasteiger partial charge in [-0.15, -0.1) is 0 Å². The van der Waals surface area contributed by atoms with Gasteiger partial charge in [0.1, 0.15) is 10.9 Å². The third-order valence-corrected chi connectivity index (χ3v) is 12.8. The van der Waals surface area contributed by atoms with Crippen molar-refractivity contribution in [2.24, 2.45) is 46.3 Å². The van der Waals surface area contributed by atoms with Gasteiger partial charge >= 0.3 is 5.97 Å². The molecule has 1 aromatic rings. The van der Waals surface area contributed by atoms with E-state index in [9.17, 15) is 4.79 Å². The van der Waals surface area contributed by atoms with Crippen molar-refractivity contribution in [3.05, 3.63) is 47.5 Å². The molecule has 0 bridgehead atoms. The van der Waals surface area contributed by atoms with Crippen molar-refractivity contribution in [2.45, 2.75) is 123 Å². The Morgan fingerprint density at radius 1 is 1.00 bits per heavy atom. The van der Waals surface area contributed by atoms with Crippen LogP contribution < -0.4 is 0 Å². The molecule has 5 rings (SSSR count). The monoisotopic (exact) mass is 596 g/mol. The number of hydrogen-bond acceptors (Lipinski definition) is 2. The molecule has 0 aromatic heterocycles. The maximum absolute atomic E-state index is 12.9. The van der Waals surface area contributed by atoms with Crippen molar-refractivity contribution in [3.8, 4) is 0 Å². The Kier molecular flexibility index (Phi) is 9.07. The topological polar surface area (TPSA) is 26.3 Å². The molecule has 0 N–H and O–H groups in total. The number of alkyl halides is 1. The minimum atomic E-state index is -0.281. The molecule has 9 atom stereocenters. The summed E-state index contributed by atoms with van der Waals surface area (Å²) in [6.07, 6.45) is 17.6. The molecule has 3 saturated carbocycles. The molecule has 3 heteroatoms. The molecule has 2 nitrogen and oxygen atoms in total. The Balaban J connectivity index is 1.21. The summed E-state index contributed by atoms with van der Waals surface area (Å²) in [5, 5.41) is 0. The van der Waals surface area contributed by atoms with Crippen molar-refractivity contribution in [3.63, 3.8) is 0 Å². The first-order valence-corrected chi connectivity index (χ1v) is 17.1. The summed E-state index contributed by atoms with van der Waals surface area (Å²) in [7, 11) is 0. The molecule has 39 heavy (non-hydrogen) atoms. The first kappa shape index (κ1) is 29.4. The van der Waals surface area contributed by atoms with Crippen LogP contribution in [0.2, 0.25) is 0 Å². The van der Waals surface area contributed by atoms with Crippen LogP contribution >= 0.6 is 15.9 Å². The lowest BCUT2D eigenvalue weighted by Crippen LogP contribution is -2.51. The number of carbonyl (C=O) groups excluding carboxylic acids is 1. The molecule has 216 valence electrons. The fraction of sp³-hybridized carbons (Fsp3) is 0.750. The number of esters is 1. The van der Waals surface area contributed by atoms with E-state index < -0.39 is 0 Å². The third-order valence-electron chi connectivity index (χ3n) is 12.1. The van der Waals surface area contributed by atoms with Crippen LogP contribution in [0, 0.1) is 46.3 Å². The molecule has 0 radical (unpaired) electrons. The molecule has 0 unspecified atom stereocenters. The summed E-state index contributed by atoms with van der Waals surface area (Å²) in [6.45, 7) is 12.6. The van der Waals surface area contributed by atoms with Gasteiger partial charge in [0, 0.05) is 6.42 Å². The lowest BCUT2D eigenvalue weighted by molar-refractivity contribution is -0.150. The second-order valence-electron chi connectivity index (χ2n) is 14.7. The largest absolute Gasteiger partial charge is 0.461 e. The zero-order valence-electron chi connectivity index (χ0n) is 25.3. The van der Waals surface area contributed by atoms with E-state index in [1.54, 1.807) is 5.57 Å². The molecule has 0 spiro atoms. The highest BCUT2D eigenvalue weighted by molar-refractivity contribution is 9.10. The minimum Gasteiger partial charge on any atom is -0.461 e. The summed E-state index contributed by atoms with van der Waals surface area (Å²) < 4.78 is 6.10. The van der Waals surface area contributed by atoms with E-state index in [-0.39, 0.29) is 16.9 Å². The van der Waals surface area contributed by atoms with Crippen LogP contribution in [-0.2, 0) is 16.0 Å². The van der Waals surface area contributed by atoms with Crippen LogP contribution in [0.25, 0.3) is 0 Å². The number of benzene rings is 1. The van der Waals surface area contributed by atoms with Gasteiger partial charge in [0.2, 0.25) is 0 Å². The normalized spacial score (nSPS) is 37.3. The van der Waals surface area contributed by atoms with Crippen LogP contribution in [0.5, 0.6) is 0 Å². The first-order chi connectivity index (χ1) is 18.6. The molecule has 0 saturated heterocycles. The van der Waals surface area contributed by atoms with Crippen LogP contribution in [0.3, 0.4) is 0 Å². The Labute approximate surface area is 247 Å². The summed E-state index contributed by atoms with van der Waals surface area (Å²) in [4.78, 5) is 12.7. The van der Waals surface area contributed by atoms with Gasteiger partial charge in [0.25, 0.3) is 0 Å². The second-order valence-corrected chi connectivity index (χ2v) is 15.9. The number of rotatable bonds is 9. The van der Waals surface area contributed by atoms with Crippen LogP contribution in [0.15, 0.2) is 42.0 Å². The summed E-state index contributed by atoms with van der Waals surface area (Å²) >= 11 is 3.61. The highest BCUT2D eigenvalue weighted by Crippen LogP contribution is 2.67. The highest BCUT2D eigenvalue weighted by Gasteiger charge is 2.59. The highest BCUT2D eigenvalue weighted by atomic mass is 79.9. The van der Waals surface area contributed by atoms with Crippen molar-refractivity contribution in [1.29, 1.82) is 0 Å². The smallest absolute Gasteiger partial charge is 0.320 e. The van der Waals surface area contributed by atoms with Gasteiger partial charge in [0.05, 0.1) is 0 Å². The predicted octanol–water partition coefficient (Wildman–Crippen LogP) is 9.95. The van der Waals surface area contributed by atoms with Crippen LogP contribution in [0.4, 0.5) is 0 Å². The molecule has 0 amide bonds. The molecular weight excluding hydrogens is 544 g/mol. The Hall–Kier alpha value is -1.09. The van der Waals surface area contributed by atoms with Crippen molar-refractivity contribution >= 4 is 21.9 Å². The van der Waals surface area contributed by atoms with Gasteiger partial charge < -0.3 is 4.74 Å². The van der Waals surface area contributed by atoms with E-state index in [0.717, 1.165) is 53.9 Å². The SMILES string of the molecule is CC(C)CCC[C@@H](C)[C@H]1CC[C@@H]2[C@@H]3CC=C4C[C@@H](OC(=O)[C@H](Br)Cc5ccccc5)CC[C@]4(C)[C@@H]3CC[C@@]21C. The van der Waals surface area contributed by atoms with E-state index in [4.69, 9.17) is 4.74 Å². The average Bonchev–Trinajstić information content (AvgIpc) is 3.26. The summed E-state index contributed by atoms with van der Waals surface area (Å²) in [5.41, 5.74) is 3.60. The van der Waals surface area contributed by atoms with Gasteiger partial charge in [-0.3, -0.25) is 4.79 Å². The Morgan fingerprint density at radius 3 is 2.51 bits per heavy atom.